The Bertz CT molecular complexity index is 836. The largest absolute Gasteiger partial charge is 0.453 e. The molecule has 2 N–H and O–H groups in total. The van der Waals surface area contributed by atoms with Gasteiger partial charge >= 0.3 is 5.97 Å². The van der Waals surface area contributed by atoms with Crippen LogP contribution in [0, 0.1) is 0 Å². The molecule has 1 aliphatic rings. The van der Waals surface area contributed by atoms with Crippen LogP contribution in [0.1, 0.15) is 36.8 Å². The minimum atomic E-state index is -1.03. The molecule has 1 heterocycles. The molecule has 6 heteroatoms. The van der Waals surface area contributed by atoms with Crippen molar-refractivity contribution in [2.75, 3.05) is 5.75 Å². The van der Waals surface area contributed by atoms with Crippen molar-refractivity contribution in [2.24, 2.45) is 5.73 Å². The van der Waals surface area contributed by atoms with E-state index in [1.54, 1.807) is 0 Å². The highest BCUT2D eigenvalue weighted by Gasteiger charge is 2.47. The van der Waals surface area contributed by atoms with Crippen molar-refractivity contribution in [3.05, 3.63) is 71.8 Å². The van der Waals surface area contributed by atoms with E-state index in [9.17, 15) is 14.4 Å². The van der Waals surface area contributed by atoms with Gasteiger partial charge in [-0.3, -0.25) is 14.4 Å². The number of aryl methyl sites for hydroxylation is 1. The molecule has 2 atom stereocenters. The number of ketones is 1. The molecule has 3 rings (SSSR count). The average molecular weight is 412 g/mol. The maximum Gasteiger partial charge on any atom is 0.327 e. The van der Waals surface area contributed by atoms with E-state index in [1.165, 1.54) is 17.3 Å². The number of thioether (sulfide) groups is 1. The van der Waals surface area contributed by atoms with Crippen LogP contribution >= 0.6 is 11.8 Å². The van der Waals surface area contributed by atoms with Crippen molar-refractivity contribution in [2.45, 2.75) is 43.0 Å². The van der Waals surface area contributed by atoms with Gasteiger partial charge in [0, 0.05) is 6.42 Å². The van der Waals surface area contributed by atoms with Crippen LogP contribution in [0.2, 0.25) is 0 Å². The summed E-state index contributed by atoms with van der Waals surface area (Å²) in [6.45, 7) is 0. The zero-order valence-corrected chi connectivity index (χ0v) is 17.0. The number of cyclic esters (lactones) is 1. The second-order valence-corrected chi connectivity index (χ2v) is 8.44. The first-order chi connectivity index (χ1) is 14.0. The van der Waals surface area contributed by atoms with Gasteiger partial charge < -0.3 is 10.5 Å². The highest BCUT2D eigenvalue weighted by Crippen LogP contribution is 2.41. The summed E-state index contributed by atoms with van der Waals surface area (Å²) in [6.07, 6.45) is 1.93. The van der Waals surface area contributed by atoms with E-state index in [1.807, 2.05) is 60.7 Å². The second-order valence-electron chi connectivity index (χ2n) is 7.23. The molecule has 0 saturated carbocycles. The fourth-order valence-electron chi connectivity index (χ4n) is 3.62. The Kier molecular flexibility index (Phi) is 7.09. The molecule has 0 aromatic heterocycles. The zero-order valence-electron chi connectivity index (χ0n) is 16.2. The SMILES string of the molecule is NC(=O)CCCC1(c2ccccc2)CC(=O)C(SCCc2ccccc2)C(=O)O1. The monoisotopic (exact) mass is 411 g/mol. The summed E-state index contributed by atoms with van der Waals surface area (Å²) in [7, 11) is 0. The third kappa shape index (κ3) is 5.48. The quantitative estimate of drug-likeness (QED) is 0.505. The van der Waals surface area contributed by atoms with Crippen molar-refractivity contribution < 1.29 is 19.1 Å². The predicted molar refractivity (Wildman–Crippen MR) is 113 cm³/mol. The number of ether oxygens (including phenoxy) is 1. The standard InChI is InChI=1S/C23H25NO4S/c24-20(26)12-7-14-23(18-10-5-2-6-11-18)16-19(25)21(22(27)28-23)29-15-13-17-8-3-1-4-9-17/h1-6,8-11,21H,7,12-16H2,(H2,24,26). The zero-order chi connectivity index (χ0) is 20.7. The van der Waals surface area contributed by atoms with E-state index >= 15 is 0 Å². The van der Waals surface area contributed by atoms with E-state index in [0.717, 1.165) is 12.0 Å². The van der Waals surface area contributed by atoms with Crippen LogP contribution < -0.4 is 5.73 Å². The number of carbonyl (C=O) groups is 3. The summed E-state index contributed by atoms with van der Waals surface area (Å²) in [6, 6.07) is 19.2. The Hall–Kier alpha value is -2.60. The number of rotatable bonds is 9. The van der Waals surface area contributed by atoms with Crippen molar-refractivity contribution in [3.63, 3.8) is 0 Å². The number of amides is 1. The summed E-state index contributed by atoms with van der Waals surface area (Å²) < 4.78 is 5.89. The van der Waals surface area contributed by atoms with Gasteiger partial charge in [0.25, 0.3) is 0 Å². The normalized spacial score (nSPS) is 21.6. The van der Waals surface area contributed by atoms with Crippen molar-refractivity contribution >= 4 is 29.4 Å². The molecule has 1 amide bonds. The first-order valence-electron chi connectivity index (χ1n) is 9.75. The van der Waals surface area contributed by atoms with Crippen molar-refractivity contribution in [3.8, 4) is 0 Å². The number of benzene rings is 2. The maximum absolute atomic E-state index is 12.9. The van der Waals surface area contributed by atoms with Gasteiger partial charge in [-0.1, -0.05) is 60.7 Å². The van der Waals surface area contributed by atoms with Gasteiger partial charge in [-0.05, 0) is 36.1 Å². The molecule has 29 heavy (non-hydrogen) atoms. The van der Waals surface area contributed by atoms with E-state index in [0.29, 0.717) is 18.6 Å². The molecule has 2 unspecified atom stereocenters. The molecule has 5 nitrogen and oxygen atoms in total. The van der Waals surface area contributed by atoms with E-state index in [2.05, 4.69) is 0 Å². The van der Waals surface area contributed by atoms with Crippen molar-refractivity contribution in [1.82, 2.24) is 0 Å². The number of Topliss-reactive ketones (excluding diaryl/α,β-unsaturated/α-hetero) is 1. The third-order valence-corrected chi connectivity index (χ3v) is 6.31. The summed E-state index contributed by atoms with van der Waals surface area (Å²) >= 11 is 1.33. The summed E-state index contributed by atoms with van der Waals surface area (Å²) in [5.74, 6) is -0.365. The molecule has 2 aromatic rings. The number of nitrogens with two attached hydrogens (primary N) is 1. The minimum absolute atomic E-state index is 0.116. The van der Waals surface area contributed by atoms with Crippen LogP contribution in [-0.2, 0) is 31.1 Å². The summed E-state index contributed by atoms with van der Waals surface area (Å²) in [5, 5.41) is -0.799. The predicted octanol–water partition coefficient (Wildman–Crippen LogP) is 3.40. The van der Waals surface area contributed by atoms with Gasteiger partial charge in [0.1, 0.15) is 5.60 Å². The van der Waals surface area contributed by atoms with Gasteiger partial charge in [0.05, 0.1) is 6.42 Å². The molecule has 0 radical (unpaired) electrons. The smallest absolute Gasteiger partial charge is 0.327 e. The molecule has 0 aliphatic carbocycles. The number of carbonyl (C=O) groups excluding carboxylic acids is 3. The molecular formula is C23H25NO4S. The summed E-state index contributed by atoms with van der Waals surface area (Å²) in [5.41, 5.74) is 6.17. The molecule has 1 aliphatic heterocycles. The Morgan fingerprint density at radius 1 is 1.07 bits per heavy atom. The van der Waals surface area contributed by atoms with Crippen molar-refractivity contribution in [1.29, 1.82) is 0 Å². The number of primary amides is 1. The lowest BCUT2D eigenvalue weighted by Gasteiger charge is -2.39. The molecule has 0 spiro atoms. The van der Waals surface area contributed by atoms with E-state index in [4.69, 9.17) is 10.5 Å². The number of hydrogen-bond acceptors (Lipinski definition) is 5. The van der Waals surface area contributed by atoms with Crippen LogP contribution in [-0.4, -0.2) is 28.7 Å². The first-order valence-corrected chi connectivity index (χ1v) is 10.8. The van der Waals surface area contributed by atoms with Gasteiger partial charge in [0.2, 0.25) is 5.91 Å². The second kappa shape index (κ2) is 9.74. The van der Waals surface area contributed by atoms with Gasteiger partial charge in [-0.15, -0.1) is 11.8 Å². The molecule has 1 saturated heterocycles. The summed E-state index contributed by atoms with van der Waals surface area (Å²) in [4.78, 5) is 36.8. The maximum atomic E-state index is 12.9. The molecule has 152 valence electrons. The van der Waals surface area contributed by atoms with E-state index < -0.39 is 22.7 Å². The van der Waals surface area contributed by atoms with Gasteiger partial charge in [-0.2, -0.15) is 0 Å². The van der Waals surface area contributed by atoms with Crippen LogP contribution in [0.25, 0.3) is 0 Å². The number of hydrogen-bond donors (Lipinski definition) is 1. The molecule has 1 fully saturated rings. The molecule has 0 bridgehead atoms. The Balaban J connectivity index is 1.69. The Morgan fingerprint density at radius 2 is 1.72 bits per heavy atom. The van der Waals surface area contributed by atoms with E-state index in [-0.39, 0.29) is 18.6 Å². The Labute approximate surface area is 175 Å². The topological polar surface area (TPSA) is 86.5 Å². The lowest BCUT2D eigenvalue weighted by Crippen LogP contribution is -2.47. The van der Waals surface area contributed by atoms with Gasteiger partial charge in [-0.25, -0.2) is 0 Å². The highest BCUT2D eigenvalue weighted by atomic mass is 32.2. The van der Waals surface area contributed by atoms with Crippen LogP contribution in [0.4, 0.5) is 0 Å². The van der Waals surface area contributed by atoms with Crippen LogP contribution in [0.3, 0.4) is 0 Å². The fourth-order valence-corrected chi connectivity index (χ4v) is 4.67. The minimum Gasteiger partial charge on any atom is -0.453 e. The van der Waals surface area contributed by atoms with Crippen LogP contribution in [0.15, 0.2) is 60.7 Å². The van der Waals surface area contributed by atoms with Gasteiger partial charge in [0.15, 0.2) is 11.0 Å². The van der Waals surface area contributed by atoms with Crippen LogP contribution in [0.5, 0.6) is 0 Å². The molecule has 2 aromatic carbocycles. The average Bonchev–Trinajstić information content (AvgIpc) is 2.71. The third-order valence-electron chi connectivity index (χ3n) is 5.08. The molecular weight excluding hydrogens is 386 g/mol. The lowest BCUT2D eigenvalue weighted by molar-refractivity contribution is -0.172. The number of esters is 1. The Morgan fingerprint density at radius 3 is 2.34 bits per heavy atom. The highest BCUT2D eigenvalue weighted by molar-refractivity contribution is 8.01. The first kappa shape index (κ1) is 21.1. The lowest BCUT2D eigenvalue weighted by atomic mass is 9.81. The fraction of sp³-hybridized carbons (Fsp3) is 0.348.